The van der Waals surface area contributed by atoms with Crippen LogP contribution in [-0.2, 0) is 9.63 Å². The molecule has 0 bridgehead atoms. The topological polar surface area (TPSA) is 64.7 Å². The van der Waals surface area contributed by atoms with Gasteiger partial charge in [0.2, 0.25) is 0 Å². The van der Waals surface area contributed by atoms with Crippen molar-refractivity contribution in [3.63, 3.8) is 0 Å². The molecule has 0 atom stereocenters. The van der Waals surface area contributed by atoms with E-state index in [9.17, 15) is 4.79 Å². The molecule has 0 aliphatic rings. The Bertz CT molecular complexity index is 498. The van der Waals surface area contributed by atoms with Crippen molar-refractivity contribution in [1.29, 1.82) is 0 Å². The first-order valence-electron chi connectivity index (χ1n) is 4.29. The number of oxime groups is 1. The first kappa shape index (κ1) is 15.7. The Morgan fingerprint density at radius 1 is 1.28 bits per heavy atom. The minimum Gasteiger partial charge on any atom is -0.380 e. The van der Waals surface area contributed by atoms with Crippen LogP contribution < -0.4 is 5.73 Å². The van der Waals surface area contributed by atoms with Gasteiger partial charge in [0.25, 0.3) is 3.79 Å². The van der Waals surface area contributed by atoms with Gasteiger partial charge in [-0.3, -0.25) is 0 Å². The number of amidine groups is 1. The van der Waals surface area contributed by atoms with Gasteiger partial charge in [-0.25, -0.2) is 4.79 Å². The Kier molecular flexibility index (Phi) is 5.37. The molecule has 0 aliphatic heterocycles. The van der Waals surface area contributed by atoms with Crippen LogP contribution in [0.5, 0.6) is 0 Å². The number of carbonyl (C=O) groups excluding carboxylic acids is 1. The lowest BCUT2D eigenvalue weighted by Crippen LogP contribution is -2.22. The quantitative estimate of drug-likeness (QED) is 0.292. The van der Waals surface area contributed by atoms with Crippen molar-refractivity contribution in [1.82, 2.24) is 0 Å². The van der Waals surface area contributed by atoms with Crippen molar-refractivity contribution in [3.05, 3.63) is 33.8 Å². The summed E-state index contributed by atoms with van der Waals surface area (Å²) in [6.45, 7) is 0. The number of nitrogens with two attached hydrogens (primary N) is 1. The van der Waals surface area contributed by atoms with Crippen LogP contribution in [-0.4, -0.2) is 15.6 Å². The van der Waals surface area contributed by atoms with E-state index in [0.29, 0.717) is 5.56 Å². The lowest BCUT2D eigenvalue weighted by molar-refractivity contribution is -0.142. The van der Waals surface area contributed by atoms with Gasteiger partial charge >= 0.3 is 5.97 Å². The normalized spacial score (nSPS) is 12.4. The number of rotatable bonds is 2. The number of nitrogens with zero attached hydrogens (tertiary/aromatic N) is 1. The monoisotopic (exact) mass is 348 g/mol. The minimum absolute atomic E-state index is 0.172. The number of hydrogen-bond donors (Lipinski definition) is 1. The maximum atomic E-state index is 11.1. The fourth-order valence-corrected chi connectivity index (χ4v) is 1.39. The minimum atomic E-state index is -2.23. The van der Waals surface area contributed by atoms with Crippen LogP contribution in [0.15, 0.2) is 23.4 Å². The highest BCUT2D eigenvalue weighted by atomic mass is 35.6. The van der Waals surface area contributed by atoms with E-state index in [0.717, 1.165) is 0 Å². The van der Waals surface area contributed by atoms with Crippen LogP contribution in [0, 0.1) is 0 Å². The molecule has 18 heavy (non-hydrogen) atoms. The van der Waals surface area contributed by atoms with E-state index in [2.05, 4.69) is 9.99 Å². The second-order valence-electron chi connectivity index (χ2n) is 2.95. The van der Waals surface area contributed by atoms with Crippen molar-refractivity contribution in [2.24, 2.45) is 10.9 Å². The molecule has 0 unspecified atom stereocenters. The third-order valence-corrected chi connectivity index (χ3v) is 2.97. The largest absolute Gasteiger partial charge is 0.386 e. The van der Waals surface area contributed by atoms with Crippen LogP contribution in [0.25, 0.3) is 0 Å². The van der Waals surface area contributed by atoms with Crippen LogP contribution >= 0.6 is 58.0 Å². The summed E-state index contributed by atoms with van der Waals surface area (Å²) in [4.78, 5) is 15.5. The zero-order chi connectivity index (χ0) is 13.9. The SMILES string of the molecule is NC(=NOC(=O)C(Cl)(Cl)Cl)c1cccc(Cl)c1Cl. The van der Waals surface area contributed by atoms with E-state index in [4.69, 9.17) is 63.7 Å². The molecule has 0 radical (unpaired) electrons. The highest BCUT2D eigenvalue weighted by Gasteiger charge is 2.33. The van der Waals surface area contributed by atoms with Gasteiger partial charge < -0.3 is 10.6 Å². The lowest BCUT2D eigenvalue weighted by atomic mass is 10.2. The van der Waals surface area contributed by atoms with Gasteiger partial charge in [0.15, 0.2) is 5.84 Å². The second-order valence-corrected chi connectivity index (χ2v) is 6.02. The molecular formula is C9H5Cl5N2O2. The molecular weight excluding hydrogens is 345 g/mol. The number of benzene rings is 1. The van der Waals surface area contributed by atoms with Gasteiger partial charge in [0.05, 0.1) is 10.0 Å². The van der Waals surface area contributed by atoms with E-state index >= 15 is 0 Å². The van der Waals surface area contributed by atoms with Gasteiger partial charge in [0, 0.05) is 5.56 Å². The van der Waals surface area contributed by atoms with Gasteiger partial charge in [-0.2, -0.15) is 0 Å². The third kappa shape index (κ3) is 4.07. The molecule has 0 heterocycles. The average Bonchev–Trinajstić information content (AvgIpc) is 2.27. The summed E-state index contributed by atoms with van der Waals surface area (Å²) >= 11 is 27.5. The first-order chi connectivity index (χ1) is 8.23. The van der Waals surface area contributed by atoms with Crippen molar-refractivity contribution in [2.45, 2.75) is 3.79 Å². The predicted molar refractivity (Wildman–Crippen MR) is 73.6 cm³/mol. The fourth-order valence-electron chi connectivity index (χ4n) is 0.893. The molecule has 0 saturated carbocycles. The summed E-state index contributed by atoms with van der Waals surface area (Å²) in [5.41, 5.74) is 5.85. The smallest absolute Gasteiger partial charge is 0.380 e. The van der Waals surface area contributed by atoms with Crippen molar-refractivity contribution >= 4 is 69.8 Å². The molecule has 1 aromatic rings. The lowest BCUT2D eigenvalue weighted by Gasteiger charge is -2.07. The summed E-state index contributed by atoms with van der Waals surface area (Å²) in [6.07, 6.45) is 0. The highest BCUT2D eigenvalue weighted by Crippen LogP contribution is 2.28. The van der Waals surface area contributed by atoms with E-state index < -0.39 is 9.76 Å². The van der Waals surface area contributed by atoms with E-state index in [1.807, 2.05) is 0 Å². The maximum Gasteiger partial charge on any atom is 0.386 e. The summed E-state index contributed by atoms with van der Waals surface area (Å²) in [7, 11) is 0. The van der Waals surface area contributed by atoms with Crippen molar-refractivity contribution in [2.75, 3.05) is 0 Å². The Morgan fingerprint density at radius 2 is 1.89 bits per heavy atom. The van der Waals surface area contributed by atoms with Gasteiger partial charge in [-0.1, -0.05) is 69.2 Å². The molecule has 2 N–H and O–H groups in total. The van der Waals surface area contributed by atoms with Gasteiger partial charge in [-0.05, 0) is 12.1 Å². The molecule has 1 aromatic carbocycles. The molecule has 4 nitrogen and oxygen atoms in total. The van der Waals surface area contributed by atoms with Crippen LogP contribution in [0.3, 0.4) is 0 Å². The molecule has 0 amide bonds. The molecule has 0 fully saturated rings. The summed E-state index contributed by atoms with van der Waals surface area (Å²) < 4.78 is -2.23. The van der Waals surface area contributed by atoms with Gasteiger partial charge in [0.1, 0.15) is 0 Å². The molecule has 98 valence electrons. The van der Waals surface area contributed by atoms with E-state index in [-0.39, 0.29) is 15.9 Å². The van der Waals surface area contributed by atoms with Crippen LogP contribution in [0.4, 0.5) is 0 Å². The number of hydrogen-bond acceptors (Lipinski definition) is 3. The van der Waals surface area contributed by atoms with Gasteiger partial charge in [-0.15, -0.1) is 0 Å². The fraction of sp³-hybridized carbons (Fsp3) is 0.111. The molecule has 1 rings (SSSR count). The standard InChI is InChI=1S/C9H5Cl5N2O2/c10-5-3-1-2-4(6(5)11)7(15)16-18-8(17)9(12,13)14/h1-3H,(H2,15,16). The molecule has 0 saturated heterocycles. The number of halogens is 5. The highest BCUT2D eigenvalue weighted by molar-refractivity contribution is 6.75. The number of carbonyl (C=O) groups is 1. The number of alkyl halides is 3. The summed E-state index contributed by atoms with van der Waals surface area (Å²) in [5, 5.41) is 3.76. The third-order valence-electron chi connectivity index (χ3n) is 1.69. The zero-order valence-electron chi connectivity index (χ0n) is 8.46. The van der Waals surface area contributed by atoms with E-state index in [1.165, 1.54) is 6.07 Å². The average molecular weight is 350 g/mol. The maximum absolute atomic E-state index is 11.1. The molecule has 0 aromatic heterocycles. The predicted octanol–water partition coefficient (Wildman–Crippen LogP) is 3.53. The second kappa shape index (κ2) is 6.17. The summed E-state index contributed by atoms with van der Waals surface area (Å²) in [6, 6.07) is 4.70. The Hall–Kier alpha value is -0.390. The van der Waals surface area contributed by atoms with E-state index in [1.54, 1.807) is 12.1 Å². The van der Waals surface area contributed by atoms with Crippen molar-refractivity contribution < 1.29 is 9.63 Å². The van der Waals surface area contributed by atoms with Crippen molar-refractivity contribution in [3.8, 4) is 0 Å². The summed E-state index contributed by atoms with van der Waals surface area (Å²) in [5.74, 6) is -1.36. The molecule has 9 heteroatoms. The first-order valence-corrected chi connectivity index (χ1v) is 6.18. The Morgan fingerprint density at radius 3 is 2.44 bits per heavy atom. The Labute approximate surface area is 128 Å². The molecule has 0 aliphatic carbocycles. The zero-order valence-corrected chi connectivity index (χ0v) is 12.2. The Balaban J connectivity index is 2.91. The van der Waals surface area contributed by atoms with Crippen LogP contribution in [0.1, 0.15) is 5.56 Å². The molecule has 0 spiro atoms. The van der Waals surface area contributed by atoms with Crippen LogP contribution in [0.2, 0.25) is 10.0 Å².